The monoisotopic (exact) mass is 645 g/mol. The van der Waals surface area contributed by atoms with Gasteiger partial charge in [0.15, 0.2) is 0 Å². The van der Waals surface area contributed by atoms with Crippen molar-refractivity contribution >= 4 is 0 Å². The molecule has 1 unspecified atom stereocenters. The highest BCUT2D eigenvalue weighted by Gasteiger charge is 2.45. The number of hydrogen-bond acceptors (Lipinski definition) is 0. The quantitative estimate of drug-likeness (QED) is 0.312. The summed E-state index contributed by atoms with van der Waals surface area (Å²) in [5.41, 5.74) is 15.6. The summed E-state index contributed by atoms with van der Waals surface area (Å²) in [4.78, 5) is 0. The van der Waals surface area contributed by atoms with Crippen molar-refractivity contribution < 1.29 is 0 Å². The normalized spacial score (nSPS) is 15.3. The molecule has 0 N–H and O–H groups in total. The molecule has 0 aliphatic heterocycles. The van der Waals surface area contributed by atoms with Gasteiger partial charge in [0.2, 0.25) is 0 Å². The molecule has 2 rings (SSSR count). The van der Waals surface area contributed by atoms with E-state index in [1.54, 1.807) is 44.5 Å². The van der Waals surface area contributed by atoms with Crippen LogP contribution in [0.2, 0.25) is 0 Å². The maximum atomic E-state index is 2.65. The highest BCUT2D eigenvalue weighted by molar-refractivity contribution is 5.65. The van der Waals surface area contributed by atoms with Gasteiger partial charge in [-0.05, 0) is 105 Å². The van der Waals surface area contributed by atoms with Crippen LogP contribution in [-0.4, -0.2) is 0 Å². The van der Waals surface area contributed by atoms with Gasteiger partial charge in [0.05, 0.1) is 0 Å². The second-order valence-corrected chi connectivity index (χ2v) is 23.2. The molecule has 0 heteroatoms. The van der Waals surface area contributed by atoms with E-state index in [9.17, 15) is 0 Å². The molecular weight excluding hydrogens is 565 g/mol. The van der Waals surface area contributed by atoms with Crippen molar-refractivity contribution in [2.45, 2.75) is 229 Å². The number of benzene rings is 2. The minimum absolute atomic E-state index is 0.00334. The van der Waals surface area contributed by atoms with Gasteiger partial charge in [-0.2, -0.15) is 0 Å². The molecule has 2 aromatic rings. The number of rotatable bonds is 3. The Hall–Kier alpha value is -1.56. The van der Waals surface area contributed by atoms with Crippen molar-refractivity contribution in [1.29, 1.82) is 0 Å². The molecule has 0 bridgehead atoms. The molecule has 0 aromatic heterocycles. The minimum Gasteiger partial charge on any atom is -0.0645 e. The zero-order valence-corrected chi connectivity index (χ0v) is 36.4. The van der Waals surface area contributed by atoms with E-state index in [1.165, 1.54) is 11.1 Å². The van der Waals surface area contributed by atoms with E-state index in [0.717, 1.165) is 6.42 Å². The van der Waals surface area contributed by atoms with Crippen LogP contribution in [0.15, 0.2) is 12.1 Å². The van der Waals surface area contributed by atoms with Crippen LogP contribution in [0.4, 0.5) is 0 Å². The predicted octanol–water partition coefficient (Wildman–Crippen LogP) is 14.6. The Morgan fingerprint density at radius 2 is 0.660 bits per heavy atom. The standard InChI is InChI=1S/C47H80/c1-26-30(31-27-29(40(2,3)4)28-32(41(5,6)7)34(31)42(8,9)10)33-35(43(11,12)13)37(45(17,18)19)39(47(23,24)25)38(46(20,21)22)36(33)44(14,15)16/h27-28,30H,26H2,1-25H3. The minimum atomic E-state index is -0.0435. The van der Waals surface area contributed by atoms with Crippen LogP contribution in [0.1, 0.15) is 241 Å². The van der Waals surface area contributed by atoms with Crippen LogP contribution < -0.4 is 0 Å². The van der Waals surface area contributed by atoms with Gasteiger partial charge in [0.25, 0.3) is 0 Å². The fraction of sp³-hybridized carbons (Fsp3) is 0.745. The first-order valence-corrected chi connectivity index (χ1v) is 18.8. The number of hydrogen-bond donors (Lipinski definition) is 0. The Labute approximate surface area is 295 Å². The molecular formula is C47H80. The van der Waals surface area contributed by atoms with Gasteiger partial charge in [-0.3, -0.25) is 0 Å². The molecule has 0 amide bonds. The smallest absolute Gasteiger partial charge is 0.00959 e. The van der Waals surface area contributed by atoms with E-state index >= 15 is 0 Å². The van der Waals surface area contributed by atoms with Gasteiger partial charge in [-0.25, -0.2) is 0 Å². The lowest BCUT2D eigenvalue weighted by molar-refractivity contribution is 0.449. The lowest BCUT2D eigenvalue weighted by Crippen LogP contribution is -2.38. The largest absolute Gasteiger partial charge is 0.0645 e. The molecule has 268 valence electrons. The van der Waals surface area contributed by atoms with Crippen LogP contribution in [0.5, 0.6) is 0 Å². The van der Waals surface area contributed by atoms with Crippen molar-refractivity contribution in [3.05, 3.63) is 67.8 Å². The van der Waals surface area contributed by atoms with E-state index in [0.29, 0.717) is 0 Å². The molecule has 2 aromatic carbocycles. The Balaban J connectivity index is 3.75. The second-order valence-electron chi connectivity index (χ2n) is 23.2. The van der Waals surface area contributed by atoms with Gasteiger partial charge in [-0.15, -0.1) is 0 Å². The average Bonchev–Trinajstić information content (AvgIpc) is 2.77. The van der Waals surface area contributed by atoms with Crippen molar-refractivity contribution in [3.63, 3.8) is 0 Å². The molecule has 0 aliphatic carbocycles. The first kappa shape index (κ1) is 41.6. The van der Waals surface area contributed by atoms with Crippen LogP contribution >= 0.6 is 0 Å². The molecule has 0 nitrogen and oxygen atoms in total. The maximum Gasteiger partial charge on any atom is 0.00959 e. The Bertz CT molecular complexity index is 1380. The fourth-order valence-electron chi connectivity index (χ4n) is 8.31. The summed E-state index contributed by atoms with van der Waals surface area (Å²) >= 11 is 0. The molecule has 0 saturated carbocycles. The first-order valence-electron chi connectivity index (χ1n) is 18.8. The summed E-state index contributed by atoms with van der Waals surface area (Å²) in [5.74, 6) is 0.271. The SMILES string of the molecule is CCC(c1cc(C(C)(C)C)cc(C(C)(C)C)c1C(C)(C)C)c1c(C(C)(C)C)c(C(C)(C)C)c(C(C)(C)C)c(C(C)(C)C)c1C(C)(C)C. The van der Waals surface area contributed by atoms with E-state index in [-0.39, 0.29) is 49.2 Å². The van der Waals surface area contributed by atoms with Gasteiger partial charge in [-0.1, -0.05) is 185 Å². The molecule has 0 saturated heterocycles. The average molecular weight is 645 g/mol. The van der Waals surface area contributed by atoms with Gasteiger partial charge in [0.1, 0.15) is 0 Å². The van der Waals surface area contributed by atoms with Crippen molar-refractivity contribution in [2.24, 2.45) is 0 Å². The van der Waals surface area contributed by atoms with Gasteiger partial charge >= 0.3 is 0 Å². The molecule has 0 aliphatic rings. The summed E-state index contributed by atoms with van der Waals surface area (Å²) in [6.45, 7) is 61.4. The zero-order chi connectivity index (χ0) is 37.5. The summed E-state index contributed by atoms with van der Waals surface area (Å²) in [6.07, 6.45) is 1.06. The van der Waals surface area contributed by atoms with E-state index in [4.69, 9.17) is 0 Å². The third-order valence-electron chi connectivity index (χ3n) is 10.0. The summed E-state index contributed by atoms with van der Waals surface area (Å²) in [6, 6.07) is 5.21. The van der Waals surface area contributed by atoms with Crippen molar-refractivity contribution in [1.82, 2.24) is 0 Å². The Kier molecular flexibility index (Phi) is 10.9. The predicted molar refractivity (Wildman–Crippen MR) is 215 cm³/mol. The lowest BCUT2D eigenvalue weighted by Gasteiger charge is -2.48. The highest BCUT2D eigenvalue weighted by atomic mass is 14.5. The van der Waals surface area contributed by atoms with E-state index < -0.39 is 0 Å². The second kappa shape index (κ2) is 12.3. The van der Waals surface area contributed by atoms with Gasteiger partial charge in [0, 0.05) is 5.92 Å². The van der Waals surface area contributed by atoms with Crippen LogP contribution in [0.25, 0.3) is 0 Å². The Morgan fingerprint density at radius 1 is 0.362 bits per heavy atom. The molecule has 0 fully saturated rings. The van der Waals surface area contributed by atoms with Crippen molar-refractivity contribution in [2.75, 3.05) is 0 Å². The van der Waals surface area contributed by atoms with Crippen LogP contribution in [-0.2, 0) is 43.3 Å². The molecule has 0 heterocycles. The third-order valence-corrected chi connectivity index (χ3v) is 10.0. The molecule has 47 heavy (non-hydrogen) atoms. The zero-order valence-electron chi connectivity index (χ0n) is 36.4. The highest BCUT2D eigenvalue weighted by Crippen LogP contribution is 2.55. The van der Waals surface area contributed by atoms with Crippen molar-refractivity contribution in [3.8, 4) is 0 Å². The first-order chi connectivity index (χ1) is 20.4. The van der Waals surface area contributed by atoms with Crippen LogP contribution in [0, 0.1) is 0 Å². The van der Waals surface area contributed by atoms with E-state index in [1.807, 2.05) is 0 Å². The van der Waals surface area contributed by atoms with Gasteiger partial charge < -0.3 is 0 Å². The fourth-order valence-corrected chi connectivity index (χ4v) is 8.31. The molecule has 0 spiro atoms. The lowest BCUT2D eigenvalue weighted by atomic mass is 9.57. The molecule has 1 atom stereocenters. The third kappa shape index (κ3) is 8.61. The van der Waals surface area contributed by atoms with Crippen LogP contribution in [0.3, 0.4) is 0 Å². The summed E-state index contributed by atoms with van der Waals surface area (Å²) in [7, 11) is 0. The summed E-state index contributed by atoms with van der Waals surface area (Å²) < 4.78 is 0. The van der Waals surface area contributed by atoms with E-state index in [2.05, 4.69) is 185 Å². The Morgan fingerprint density at radius 3 is 0.894 bits per heavy atom. The summed E-state index contributed by atoms with van der Waals surface area (Å²) in [5, 5.41) is 0. The maximum absolute atomic E-state index is 2.65. The topological polar surface area (TPSA) is 0 Å². The molecule has 0 radical (unpaired) electrons.